The van der Waals surface area contributed by atoms with E-state index in [1.54, 1.807) is 0 Å². The number of likely N-dealkylation sites (tertiary alicyclic amines) is 1. The number of anilines is 2. The van der Waals surface area contributed by atoms with Crippen LogP contribution in [-0.2, 0) is 9.59 Å². The summed E-state index contributed by atoms with van der Waals surface area (Å²) in [6.45, 7) is 4.49. The fourth-order valence-corrected chi connectivity index (χ4v) is 5.54. The number of nitrogens with two attached hydrogens (primary N) is 1. The molecular formula is C27H34N4O3. The van der Waals surface area contributed by atoms with Gasteiger partial charge in [0, 0.05) is 43.3 Å². The van der Waals surface area contributed by atoms with Crippen LogP contribution in [0.4, 0.5) is 11.4 Å². The van der Waals surface area contributed by atoms with E-state index >= 15 is 0 Å². The number of nitrogens with one attached hydrogen (secondary N) is 1. The molecule has 0 aromatic heterocycles. The van der Waals surface area contributed by atoms with E-state index in [2.05, 4.69) is 39.4 Å². The van der Waals surface area contributed by atoms with E-state index in [0.717, 1.165) is 31.9 Å². The Kier molecular flexibility index (Phi) is 6.72. The number of nitrogen functional groups attached to an aromatic ring is 1. The fourth-order valence-electron chi connectivity index (χ4n) is 5.54. The maximum atomic E-state index is 11.9. The Balaban J connectivity index is 1.08. The molecule has 0 spiro atoms. The van der Waals surface area contributed by atoms with Crippen molar-refractivity contribution in [2.75, 3.05) is 36.8 Å². The summed E-state index contributed by atoms with van der Waals surface area (Å²) in [7, 11) is 0. The first kappa shape index (κ1) is 22.7. The van der Waals surface area contributed by atoms with Crippen LogP contribution in [0.1, 0.15) is 50.0 Å². The first-order chi connectivity index (χ1) is 16.5. The molecule has 34 heavy (non-hydrogen) atoms. The van der Waals surface area contributed by atoms with Gasteiger partial charge in [0.15, 0.2) is 6.10 Å². The molecule has 3 saturated heterocycles. The molecule has 0 bridgehead atoms. The van der Waals surface area contributed by atoms with E-state index in [9.17, 15) is 9.59 Å². The van der Waals surface area contributed by atoms with Gasteiger partial charge in [-0.25, -0.2) is 0 Å². The summed E-state index contributed by atoms with van der Waals surface area (Å²) in [5, 5.41) is 2.34. The van der Waals surface area contributed by atoms with Crippen LogP contribution in [0.5, 0.6) is 5.75 Å². The molecule has 2 aromatic carbocycles. The first-order valence-electron chi connectivity index (χ1n) is 12.5. The zero-order valence-corrected chi connectivity index (χ0v) is 19.6. The molecule has 3 N–H and O–H groups in total. The van der Waals surface area contributed by atoms with Crippen LogP contribution in [0.25, 0.3) is 0 Å². The molecule has 2 aromatic rings. The standard InChI is InChI=1S/C27H34N4O3/c28-21-3-5-22(6-4-21)31-17-13-23(14-18-31)30-15-11-20(12-16-30)19-1-7-24(8-2-19)34-25-9-10-26(32)29-27(25)33/h1-8,20,23,25H,9-18,28H2,(H,29,32,33). The lowest BCUT2D eigenvalue weighted by atomic mass is 9.88. The van der Waals surface area contributed by atoms with E-state index in [1.807, 2.05) is 24.3 Å². The number of imide groups is 1. The third-order valence-electron chi connectivity index (χ3n) is 7.59. The average molecular weight is 463 g/mol. The lowest BCUT2D eigenvalue weighted by molar-refractivity contribution is -0.138. The van der Waals surface area contributed by atoms with Crippen LogP contribution in [0, 0.1) is 0 Å². The highest BCUT2D eigenvalue weighted by atomic mass is 16.5. The van der Waals surface area contributed by atoms with Crippen molar-refractivity contribution in [3.63, 3.8) is 0 Å². The molecule has 0 saturated carbocycles. The number of piperidine rings is 3. The molecule has 5 rings (SSSR count). The van der Waals surface area contributed by atoms with E-state index in [0.29, 0.717) is 30.6 Å². The summed E-state index contributed by atoms with van der Waals surface area (Å²) in [6, 6.07) is 17.1. The second-order valence-corrected chi connectivity index (χ2v) is 9.75. The number of rotatable bonds is 5. The summed E-state index contributed by atoms with van der Waals surface area (Å²) in [6.07, 6.45) is 4.94. The summed E-state index contributed by atoms with van der Waals surface area (Å²) in [5.41, 5.74) is 9.26. The van der Waals surface area contributed by atoms with Crippen LogP contribution in [0.2, 0.25) is 0 Å². The largest absolute Gasteiger partial charge is 0.481 e. The zero-order valence-electron chi connectivity index (χ0n) is 19.6. The molecule has 2 amide bonds. The average Bonchev–Trinajstić information content (AvgIpc) is 2.87. The van der Waals surface area contributed by atoms with Gasteiger partial charge in [-0.2, -0.15) is 0 Å². The lowest BCUT2D eigenvalue weighted by Crippen LogP contribution is -2.47. The van der Waals surface area contributed by atoms with E-state index in [1.165, 1.54) is 36.9 Å². The second kappa shape index (κ2) is 10.1. The number of ether oxygens (including phenoxy) is 1. The molecule has 7 heteroatoms. The third kappa shape index (κ3) is 5.20. The number of hydrogen-bond donors (Lipinski definition) is 2. The van der Waals surface area contributed by atoms with Crippen molar-refractivity contribution in [1.82, 2.24) is 10.2 Å². The highest BCUT2D eigenvalue weighted by Crippen LogP contribution is 2.32. The number of nitrogens with zero attached hydrogens (tertiary/aromatic N) is 2. The SMILES string of the molecule is Nc1ccc(N2CCC(N3CCC(c4ccc(OC5CCC(=O)NC5=O)cc4)CC3)CC2)cc1. The first-order valence-corrected chi connectivity index (χ1v) is 12.5. The Labute approximate surface area is 201 Å². The Hall–Kier alpha value is -3.06. The zero-order chi connectivity index (χ0) is 23.5. The predicted octanol–water partition coefficient (Wildman–Crippen LogP) is 3.30. The van der Waals surface area contributed by atoms with Gasteiger partial charge in [-0.05, 0) is 86.7 Å². The van der Waals surface area contributed by atoms with E-state index in [-0.39, 0.29) is 11.8 Å². The van der Waals surface area contributed by atoms with Crippen molar-refractivity contribution in [3.05, 3.63) is 54.1 Å². The quantitative estimate of drug-likeness (QED) is 0.524. The highest BCUT2D eigenvalue weighted by molar-refractivity contribution is 5.99. The van der Waals surface area contributed by atoms with Crippen LogP contribution < -0.4 is 20.7 Å². The Morgan fingerprint density at radius 3 is 2.15 bits per heavy atom. The molecule has 7 nitrogen and oxygen atoms in total. The maximum absolute atomic E-state index is 11.9. The van der Waals surface area contributed by atoms with Crippen molar-refractivity contribution < 1.29 is 14.3 Å². The van der Waals surface area contributed by atoms with Gasteiger partial charge in [0.1, 0.15) is 5.75 Å². The molecule has 1 unspecified atom stereocenters. The lowest BCUT2D eigenvalue weighted by Gasteiger charge is -2.42. The third-order valence-corrected chi connectivity index (χ3v) is 7.59. The summed E-state index contributed by atoms with van der Waals surface area (Å²) < 4.78 is 5.82. The van der Waals surface area contributed by atoms with Gasteiger partial charge in [-0.15, -0.1) is 0 Å². The van der Waals surface area contributed by atoms with E-state index in [4.69, 9.17) is 10.5 Å². The molecule has 3 heterocycles. The van der Waals surface area contributed by atoms with Crippen molar-refractivity contribution in [3.8, 4) is 5.75 Å². The molecule has 0 radical (unpaired) electrons. The Morgan fingerprint density at radius 1 is 0.824 bits per heavy atom. The normalized spacial score (nSPS) is 23.1. The number of carbonyl (C=O) groups excluding carboxylic acids is 2. The number of benzene rings is 2. The molecule has 3 fully saturated rings. The monoisotopic (exact) mass is 462 g/mol. The molecule has 3 aliphatic rings. The van der Waals surface area contributed by atoms with Gasteiger partial charge < -0.3 is 20.3 Å². The van der Waals surface area contributed by atoms with Gasteiger partial charge in [0.05, 0.1) is 0 Å². The van der Waals surface area contributed by atoms with Crippen molar-refractivity contribution in [2.45, 2.75) is 56.6 Å². The minimum absolute atomic E-state index is 0.223. The van der Waals surface area contributed by atoms with Crippen LogP contribution >= 0.6 is 0 Å². The Bertz CT molecular complexity index is 992. The van der Waals surface area contributed by atoms with Crippen molar-refractivity contribution in [1.29, 1.82) is 0 Å². The van der Waals surface area contributed by atoms with E-state index < -0.39 is 6.10 Å². The molecule has 3 aliphatic heterocycles. The van der Waals surface area contributed by atoms with Gasteiger partial charge in [-0.1, -0.05) is 12.1 Å². The molecular weight excluding hydrogens is 428 g/mol. The Morgan fingerprint density at radius 2 is 1.50 bits per heavy atom. The van der Waals surface area contributed by atoms with Gasteiger partial charge >= 0.3 is 0 Å². The summed E-state index contributed by atoms with van der Waals surface area (Å²) in [5.74, 6) is 0.685. The van der Waals surface area contributed by atoms with Crippen LogP contribution in [-0.4, -0.2) is 55.0 Å². The van der Waals surface area contributed by atoms with Crippen molar-refractivity contribution >= 4 is 23.2 Å². The number of hydrogen-bond acceptors (Lipinski definition) is 6. The number of carbonyl (C=O) groups is 2. The van der Waals surface area contributed by atoms with Gasteiger partial charge in [-0.3, -0.25) is 14.9 Å². The van der Waals surface area contributed by atoms with Gasteiger partial charge in [0.2, 0.25) is 5.91 Å². The molecule has 180 valence electrons. The minimum Gasteiger partial charge on any atom is -0.481 e. The maximum Gasteiger partial charge on any atom is 0.267 e. The molecule has 0 aliphatic carbocycles. The van der Waals surface area contributed by atoms with Crippen LogP contribution in [0.3, 0.4) is 0 Å². The number of amides is 2. The highest BCUT2D eigenvalue weighted by Gasteiger charge is 2.30. The van der Waals surface area contributed by atoms with Crippen LogP contribution in [0.15, 0.2) is 48.5 Å². The second-order valence-electron chi connectivity index (χ2n) is 9.75. The smallest absolute Gasteiger partial charge is 0.267 e. The fraction of sp³-hybridized carbons (Fsp3) is 0.481. The minimum atomic E-state index is -0.585. The molecule has 1 atom stereocenters. The topological polar surface area (TPSA) is 87.9 Å². The van der Waals surface area contributed by atoms with Crippen molar-refractivity contribution in [2.24, 2.45) is 0 Å². The summed E-state index contributed by atoms with van der Waals surface area (Å²) >= 11 is 0. The van der Waals surface area contributed by atoms with Gasteiger partial charge in [0.25, 0.3) is 5.91 Å². The predicted molar refractivity (Wildman–Crippen MR) is 133 cm³/mol. The summed E-state index contributed by atoms with van der Waals surface area (Å²) in [4.78, 5) is 28.4.